The van der Waals surface area contributed by atoms with Crippen LogP contribution >= 0.6 is 11.6 Å². The Bertz CT molecular complexity index is 790. The van der Waals surface area contributed by atoms with E-state index in [0.29, 0.717) is 16.2 Å². The molecule has 0 aliphatic carbocycles. The summed E-state index contributed by atoms with van der Waals surface area (Å²) >= 11 is 6.36. The standard InChI is InChI=1S/C19H23ClN2O2/c1-12-9-13-11-15(22-7-5-6-8-22)17(18(23)24-19(2,3)4)21-16(13)14(20)10-12/h9-11H,5-8H2,1-4H3. The fraction of sp³-hybridized carbons (Fsp3) is 0.474. The smallest absolute Gasteiger partial charge is 0.359 e. The molecule has 3 rings (SSSR count). The molecule has 0 saturated carbocycles. The lowest BCUT2D eigenvalue weighted by Crippen LogP contribution is -2.27. The van der Waals surface area contributed by atoms with Crippen LogP contribution in [0.15, 0.2) is 18.2 Å². The van der Waals surface area contributed by atoms with Gasteiger partial charge in [-0.3, -0.25) is 0 Å². The van der Waals surface area contributed by atoms with Gasteiger partial charge in [0.25, 0.3) is 0 Å². The predicted octanol–water partition coefficient (Wildman–Crippen LogP) is 4.75. The first-order valence-electron chi connectivity index (χ1n) is 8.34. The molecule has 2 aromatic rings. The average Bonchev–Trinajstić information content (AvgIpc) is 2.98. The van der Waals surface area contributed by atoms with Crippen LogP contribution in [0, 0.1) is 6.92 Å². The van der Waals surface area contributed by atoms with Gasteiger partial charge < -0.3 is 9.64 Å². The summed E-state index contributed by atoms with van der Waals surface area (Å²) < 4.78 is 5.57. The Hall–Kier alpha value is -1.81. The van der Waals surface area contributed by atoms with Gasteiger partial charge in [-0.15, -0.1) is 0 Å². The summed E-state index contributed by atoms with van der Waals surface area (Å²) in [6.07, 6.45) is 2.25. The molecule has 1 aromatic carbocycles. The first-order chi connectivity index (χ1) is 11.2. The van der Waals surface area contributed by atoms with E-state index in [1.807, 2.05) is 45.9 Å². The van der Waals surface area contributed by atoms with Gasteiger partial charge in [0, 0.05) is 18.5 Å². The van der Waals surface area contributed by atoms with Crippen molar-refractivity contribution in [2.45, 2.75) is 46.1 Å². The number of pyridine rings is 1. The highest BCUT2D eigenvalue weighted by atomic mass is 35.5. The molecular weight excluding hydrogens is 324 g/mol. The van der Waals surface area contributed by atoms with Crippen molar-refractivity contribution >= 4 is 34.2 Å². The van der Waals surface area contributed by atoms with E-state index in [4.69, 9.17) is 16.3 Å². The monoisotopic (exact) mass is 346 g/mol. The molecule has 4 nitrogen and oxygen atoms in total. The predicted molar refractivity (Wildman–Crippen MR) is 98.1 cm³/mol. The van der Waals surface area contributed by atoms with Crippen molar-refractivity contribution < 1.29 is 9.53 Å². The number of nitrogens with zero attached hydrogens (tertiary/aromatic N) is 2. The molecule has 2 heterocycles. The zero-order valence-corrected chi connectivity index (χ0v) is 15.4. The third-order valence-electron chi connectivity index (χ3n) is 4.03. The second-order valence-electron chi connectivity index (χ2n) is 7.37. The number of aromatic nitrogens is 1. The van der Waals surface area contributed by atoms with Gasteiger partial charge in [-0.2, -0.15) is 0 Å². The maximum absolute atomic E-state index is 12.7. The molecule has 0 radical (unpaired) electrons. The summed E-state index contributed by atoms with van der Waals surface area (Å²) in [5, 5.41) is 1.51. The molecule has 1 aromatic heterocycles. The van der Waals surface area contributed by atoms with E-state index in [9.17, 15) is 4.79 Å². The van der Waals surface area contributed by atoms with E-state index in [0.717, 1.165) is 42.6 Å². The molecule has 0 amide bonds. The molecular formula is C19H23ClN2O2. The lowest BCUT2D eigenvalue weighted by atomic mass is 10.1. The first kappa shape index (κ1) is 17.0. The number of esters is 1. The number of carbonyl (C=O) groups is 1. The number of benzene rings is 1. The van der Waals surface area contributed by atoms with Crippen LogP contribution in [0.2, 0.25) is 5.02 Å². The Morgan fingerprint density at radius 3 is 2.50 bits per heavy atom. The Kier molecular flexibility index (Phi) is 4.43. The van der Waals surface area contributed by atoms with Gasteiger partial charge in [0.05, 0.1) is 16.2 Å². The third-order valence-corrected chi connectivity index (χ3v) is 4.32. The minimum Gasteiger partial charge on any atom is -0.455 e. The highest BCUT2D eigenvalue weighted by molar-refractivity contribution is 6.35. The Morgan fingerprint density at radius 1 is 1.21 bits per heavy atom. The van der Waals surface area contributed by atoms with Crippen molar-refractivity contribution in [3.63, 3.8) is 0 Å². The lowest BCUT2D eigenvalue weighted by molar-refractivity contribution is 0.00642. The number of rotatable bonds is 2. The largest absolute Gasteiger partial charge is 0.455 e. The van der Waals surface area contributed by atoms with Gasteiger partial charge >= 0.3 is 5.97 Å². The summed E-state index contributed by atoms with van der Waals surface area (Å²) in [6, 6.07) is 5.93. The Labute approximate surface area is 147 Å². The Morgan fingerprint density at radius 2 is 1.88 bits per heavy atom. The first-order valence-corrected chi connectivity index (χ1v) is 8.71. The van der Waals surface area contributed by atoms with E-state index < -0.39 is 11.6 Å². The van der Waals surface area contributed by atoms with E-state index in [1.165, 1.54) is 0 Å². The number of halogens is 1. The average molecular weight is 347 g/mol. The summed E-state index contributed by atoms with van der Waals surface area (Å²) in [6.45, 7) is 9.45. The van der Waals surface area contributed by atoms with Crippen LogP contribution in [-0.4, -0.2) is 29.6 Å². The Balaban J connectivity index is 2.16. The minimum atomic E-state index is -0.562. The molecule has 0 atom stereocenters. The van der Waals surface area contributed by atoms with E-state index in [-0.39, 0.29) is 0 Å². The summed E-state index contributed by atoms with van der Waals surface area (Å²) in [4.78, 5) is 19.5. The molecule has 1 saturated heterocycles. The van der Waals surface area contributed by atoms with Crippen LogP contribution in [0.3, 0.4) is 0 Å². The molecule has 0 bridgehead atoms. The maximum atomic E-state index is 12.7. The topological polar surface area (TPSA) is 42.4 Å². The normalized spacial score (nSPS) is 15.1. The van der Waals surface area contributed by atoms with Gasteiger partial charge in [-0.05, 0) is 64.3 Å². The van der Waals surface area contributed by atoms with Gasteiger partial charge in [0.2, 0.25) is 0 Å². The molecule has 1 fully saturated rings. The summed E-state index contributed by atoms with van der Waals surface area (Å²) in [5.41, 5.74) is 2.35. The van der Waals surface area contributed by atoms with Crippen LogP contribution in [-0.2, 0) is 4.74 Å². The van der Waals surface area contributed by atoms with E-state index >= 15 is 0 Å². The van der Waals surface area contributed by atoms with Crippen molar-refractivity contribution in [2.24, 2.45) is 0 Å². The second kappa shape index (κ2) is 6.25. The molecule has 1 aliphatic rings. The lowest BCUT2D eigenvalue weighted by Gasteiger charge is -2.24. The van der Waals surface area contributed by atoms with E-state index in [1.54, 1.807) is 0 Å². The van der Waals surface area contributed by atoms with Crippen LogP contribution in [0.25, 0.3) is 10.9 Å². The summed E-state index contributed by atoms with van der Waals surface area (Å²) in [5.74, 6) is -0.400. The fourth-order valence-electron chi connectivity index (χ4n) is 3.05. The second-order valence-corrected chi connectivity index (χ2v) is 7.78. The molecule has 24 heavy (non-hydrogen) atoms. The summed E-state index contributed by atoms with van der Waals surface area (Å²) in [7, 11) is 0. The van der Waals surface area contributed by atoms with Crippen molar-refractivity contribution in [3.05, 3.63) is 34.5 Å². The van der Waals surface area contributed by atoms with Crippen LogP contribution in [0.5, 0.6) is 0 Å². The van der Waals surface area contributed by atoms with Crippen LogP contribution in [0.1, 0.15) is 49.7 Å². The zero-order chi connectivity index (χ0) is 17.5. The number of carbonyl (C=O) groups excluding carboxylic acids is 1. The quantitative estimate of drug-likeness (QED) is 0.736. The van der Waals surface area contributed by atoms with Gasteiger partial charge in [-0.25, -0.2) is 9.78 Å². The molecule has 5 heteroatoms. The van der Waals surface area contributed by atoms with Gasteiger partial charge in [0.1, 0.15) is 5.60 Å². The van der Waals surface area contributed by atoms with Crippen molar-refractivity contribution in [1.82, 2.24) is 4.98 Å². The third kappa shape index (κ3) is 3.48. The van der Waals surface area contributed by atoms with Gasteiger partial charge in [-0.1, -0.05) is 11.6 Å². The van der Waals surface area contributed by atoms with Crippen molar-refractivity contribution in [3.8, 4) is 0 Å². The number of hydrogen-bond acceptors (Lipinski definition) is 4. The van der Waals surface area contributed by atoms with E-state index in [2.05, 4.69) is 9.88 Å². The SMILES string of the molecule is Cc1cc(Cl)c2nc(C(=O)OC(C)(C)C)c(N3CCCC3)cc2c1. The molecule has 1 aliphatic heterocycles. The van der Waals surface area contributed by atoms with Gasteiger partial charge in [0.15, 0.2) is 5.69 Å². The van der Waals surface area contributed by atoms with Crippen LogP contribution in [0.4, 0.5) is 5.69 Å². The minimum absolute atomic E-state index is 0.352. The number of ether oxygens (including phenoxy) is 1. The molecule has 128 valence electrons. The van der Waals surface area contributed by atoms with Crippen molar-refractivity contribution in [2.75, 3.05) is 18.0 Å². The fourth-order valence-corrected chi connectivity index (χ4v) is 3.37. The number of fused-ring (bicyclic) bond motifs is 1. The number of aryl methyl sites for hydroxylation is 1. The van der Waals surface area contributed by atoms with Crippen molar-refractivity contribution in [1.29, 1.82) is 0 Å². The molecule has 0 spiro atoms. The highest BCUT2D eigenvalue weighted by Crippen LogP contribution is 2.32. The number of anilines is 1. The zero-order valence-electron chi connectivity index (χ0n) is 14.6. The molecule has 0 N–H and O–H groups in total. The molecule has 0 unspecified atom stereocenters. The highest BCUT2D eigenvalue weighted by Gasteiger charge is 2.26. The maximum Gasteiger partial charge on any atom is 0.359 e. The number of hydrogen-bond donors (Lipinski definition) is 0. The van der Waals surface area contributed by atoms with Crippen LogP contribution < -0.4 is 4.90 Å².